The largest absolute Gasteiger partial charge is 0.496 e. The van der Waals surface area contributed by atoms with Crippen molar-refractivity contribution in [2.24, 2.45) is 0 Å². The van der Waals surface area contributed by atoms with E-state index in [2.05, 4.69) is 29.4 Å². The Morgan fingerprint density at radius 1 is 1.19 bits per heavy atom. The quantitative estimate of drug-likeness (QED) is 0.517. The van der Waals surface area contributed by atoms with Crippen LogP contribution in [0.4, 0.5) is 0 Å². The third kappa shape index (κ3) is 3.46. The molecular formula is C21H16N2O2S2. The first kappa shape index (κ1) is 17.7. The molecule has 27 heavy (non-hydrogen) atoms. The normalized spacial score (nSPS) is 15.4. The Labute approximate surface area is 166 Å². The van der Waals surface area contributed by atoms with Gasteiger partial charge in [0.1, 0.15) is 10.1 Å². The average molecular weight is 393 g/mol. The summed E-state index contributed by atoms with van der Waals surface area (Å²) in [5, 5.41) is 3.71. The number of amides is 1. The van der Waals surface area contributed by atoms with Gasteiger partial charge in [0.05, 0.1) is 17.5 Å². The lowest BCUT2D eigenvalue weighted by Crippen LogP contribution is -2.17. The average Bonchev–Trinajstić information content (AvgIpc) is 2.98. The molecule has 1 fully saturated rings. The first-order valence-electron chi connectivity index (χ1n) is 8.34. The number of hydrogen-bond donors (Lipinski definition) is 1. The van der Waals surface area contributed by atoms with Crippen LogP contribution in [0.3, 0.4) is 0 Å². The van der Waals surface area contributed by atoms with E-state index in [1.165, 1.54) is 11.8 Å². The molecule has 0 bridgehead atoms. The van der Waals surface area contributed by atoms with Gasteiger partial charge in [-0.1, -0.05) is 36.1 Å². The Hall–Kier alpha value is -2.70. The number of ether oxygens (including phenoxy) is 1. The Kier molecular flexibility index (Phi) is 4.68. The maximum Gasteiger partial charge on any atom is 0.263 e. The second-order valence-corrected chi connectivity index (χ2v) is 7.89. The predicted molar refractivity (Wildman–Crippen MR) is 115 cm³/mol. The van der Waals surface area contributed by atoms with Crippen LogP contribution < -0.4 is 10.1 Å². The fraction of sp³-hybridized carbons (Fsp3) is 0.0952. The molecule has 2 aromatic carbocycles. The Morgan fingerprint density at radius 3 is 2.78 bits per heavy atom. The SMILES string of the molecule is COc1ccc(C=C2SC(=S)NC2=O)cc1-c1cc2cccnc2cc1C. The van der Waals surface area contributed by atoms with Crippen molar-refractivity contribution in [3.05, 3.63) is 64.7 Å². The van der Waals surface area contributed by atoms with Gasteiger partial charge >= 0.3 is 0 Å². The van der Waals surface area contributed by atoms with Gasteiger partial charge in [0.25, 0.3) is 5.91 Å². The highest BCUT2D eigenvalue weighted by Gasteiger charge is 2.22. The van der Waals surface area contributed by atoms with E-state index >= 15 is 0 Å². The predicted octanol–water partition coefficient (Wildman–Crippen LogP) is 4.71. The summed E-state index contributed by atoms with van der Waals surface area (Å²) in [5.74, 6) is 0.623. The number of rotatable bonds is 3. The number of aryl methyl sites for hydroxylation is 1. The number of fused-ring (bicyclic) bond motifs is 1. The molecule has 4 nitrogen and oxygen atoms in total. The van der Waals surface area contributed by atoms with E-state index in [0.717, 1.165) is 38.9 Å². The van der Waals surface area contributed by atoms with Crippen molar-refractivity contribution < 1.29 is 9.53 Å². The van der Waals surface area contributed by atoms with Gasteiger partial charge in [0.15, 0.2) is 0 Å². The van der Waals surface area contributed by atoms with Crippen LogP contribution in [-0.4, -0.2) is 22.3 Å². The third-order valence-electron chi connectivity index (χ3n) is 4.40. The van der Waals surface area contributed by atoms with Crippen molar-refractivity contribution >= 4 is 51.2 Å². The zero-order valence-corrected chi connectivity index (χ0v) is 16.4. The van der Waals surface area contributed by atoms with E-state index in [1.54, 1.807) is 13.3 Å². The molecule has 0 unspecified atom stereocenters. The molecule has 0 saturated carbocycles. The smallest absolute Gasteiger partial charge is 0.263 e. The summed E-state index contributed by atoms with van der Waals surface area (Å²) in [7, 11) is 1.66. The number of benzene rings is 2. The Bertz CT molecular complexity index is 1120. The van der Waals surface area contributed by atoms with Crippen LogP contribution in [0.1, 0.15) is 11.1 Å². The van der Waals surface area contributed by atoms with E-state index in [-0.39, 0.29) is 5.91 Å². The number of carbonyl (C=O) groups is 1. The molecule has 134 valence electrons. The molecule has 1 aliphatic rings. The first-order valence-corrected chi connectivity index (χ1v) is 9.56. The van der Waals surface area contributed by atoms with Crippen molar-refractivity contribution in [1.82, 2.24) is 10.3 Å². The number of methoxy groups -OCH3 is 1. The summed E-state index contributed by atoms with van der Waals surface area (Å²) in [6.07, 6.45) is 3.64. The molecule has 0 aliphatic carbocycles. The maximum atomic E-state index is 11.9. The summed E-state index contributed by atoms with van der Waals surface area (Å²) in [4.78, 5) is 17.0. The highest BCUT2D eigenvalue weighted by atomic mass is 32.2. The molecule has 1 saturated heterocycles. The number of nitrogens with zero attached hydrogens (tertiary/aromatic N) is 1. The van der Waals surface area contributed by atoms with Crippen molar-refractivity contribution in [2.75, 3.05) is 7.11 Å². The zero-order chi connectivity index (χ0) is 19.0. The van der Waals surface area contributed by atoms with Crippen LogP contribution in [-0.2, 0) is 4.79 Å². The lowest BCUT2D eigenvalue weighted by molar-refractivity contribution is -0.115. The van der Waals surface area contributed by atoms with Crippen LogP contribution in [0, 0.1) is 6.92 Å². The highest BCUT2D eigenvalue weighted by molar-refractivity contribution is 8.26. The van der Waals surface area contributed by atoms with Crippen molar-refractivity contribution in [2.45, 2.75) is 6.92 Å². The summed E-state index contributed by atoms with van der Waals surface area (Å²) in [6, 6.07) is 14.1. The van der Waals surface area contributed by atoms with E-state index in [4.69, 9.17) is 17.0 Å². The van der Waals surface area contributed by atoms with Gasteiger partial charge in [-0.15, -0.1) is 0 Å². The van der Waals surface area contributed by atoms with E-state index in [0.29, 0.717) is 9.23 Å². The minimum absolute atomic E-state index is 0.157. The number of nitrogens with one attached hydrogen (secondary N) is 1. The van der Waals surface area contributed by atoms with Gasteiger partial charge in [0.2, 0.25) is 0 Å². The zero-order valence-electron chi connectivity index (χ0n) is 14.8. The number of thioether (sulfide) groups is 1. The number of hydrogen-bond acceptors (Lipinski definition) is 5. The molecule has 3 aromatic rings. The standard InChI is InChI=1S/C21H16N2O2S2/c1-12-8-17-14(4-3-7-22-17)11-15(12)16-9-13(5-6-18(16)25-2)10-19-20(24)23-21(26)27-19/h3-11H,1-2H3,(H,23,24,26). The van der Waals surface area contributed by atoms with Crippen LogP contribution in [0.15, 0.2) is 53.6 Å². The number of pyridine rings is 1. The summed E-state index contributed by atoms with van der Waals surface area (Å²) < 4.78 is 6.07. The molecule has 1 aromatic heterocycles. The summed E-state index contributed by atoms with van der Waals surface area (Å²) >= 11 is 6.34. The minimum atomic E-state index is -0.157. The topological polar surface area (TPSA) is 51.2 Å². The molecular weight excluding hydrogens is 376 g/mol. The van der Waals surface area contributed by atoms with Gasteiger partial charge < -0.3 is 10.1 Å². The molecule has 0 atom stereocenters. The molecule has 0 radical (unpaired) electrons. The van der Waals surface area contributed by atoms with Gasteiger partial charge in [0, 0.05) is 17.1 Å². The lowest BCUT2D eigenvalue weighted by Gasteiger charge is -2.13. The van der Waals surface area contributed by atoms with Crippen LogP contribution >= 0.6 is 24.0 Å². The van der Waals surface area contributed by atoms with Gasteiger partial charge in [-0.3, -0.25) is 9.78 Å². The van der Waals surface area contributed by atoms with Gasteiger partial charge in [-0.05, 0) is 60.0 Å². The Morgan fingerprint density at radius 2 is 2.04 bits per heavy atom. The second kappa shape index (κ2) is 7.13. The number of aromatic nitrogens is 1. The highest BCUT2D eigenvalue weighted by Crippen LogP contribution is 2.36. The van der Waals surface area contributed by atoms with E-state index < -0.39 is 0 Å². The molecule has 1 amide bonds. The van der Waals surface area contributed by atoms with Crippen molar-refractivity contribution in [1.29, 1.82) is 0 Å². The maximum absolute atomic E-state index is 11.9. The second-order valence-electron chi connectivity index (χ2n) is 6.18. The number of carbonyl (C=O) groups excluding carboxylic acids is 1. The molecule has 0 spiro atoms. The minimum Gasteiger partial charge on any atom is -0.496 e. The van der Waals surface area contributed by atoms with Crippen molar-refractivity contribution in [3.63, 3.8) is 0 Å². The summed E-state index contributed by atoms with van der Waals surface area (Å²) in [5.41, 5.74) is 5.04. The fourth-order valence-corrected chi connectivity index (χ4v) is 4.16. The molecule has 1 N–H and O–H groups in total. The van der Waals surface area contributed by atoms with Gasteiger partial charge in [-0.2, -0.15) is 0 Å². The molecule has 1 aliphatic heterocycles. The van der Waals surface area contributed by atoms with Crippen LogP contribution in [0.25, 0.3) is 28.1 Å². The molecule has 4 rings (SSSR count). The molecule has 2 heterocycles. The Balaban J connectivity index is 1.85. The number of thiocarbonyl (C=S) groups is 1. The molecule has 6 heteroatoms. The van der Waals surface area contributed by atoms with E-state index in [1.807, 2.05) is 36.4 Å². The van der Waals surface area contributed by atoms with E-state index in [9.17, 15) is 4.79 Å². The monoisotopic (exact) mass is 392 g/mol. The third-order valence-corrected chi connectivity index (χ3v) is 5.57. The van der Waals surface area contributed by atoms with Crippen molar-refractivity contribution in [3.8, 4) is 16.9 Å². The lowest BCUT2D eigenvalue weighted by atomic mass is 9.95. The first-order chi connectivity index (χ1) is 13.0. The van der Waals surface area contributed by atoms with Gasteiger partial charge in [-0.25, -0.2) is 0 Å². The van der Waals surface area contributed by atoms with Crippen LogP contribution in [0.2, 0.25) is 0 Å². The summed E-state index contributed by atoms with van der Waals surface area (Å²) in [6.45, 7) is 2.06. The fourth-order valence-electron chi connectivity index (χ4n) is 3.11. The van der Waals surface area contributed by atoms with Crippen LogP contribution in [0.5, 0.6) is 5.75 Å².